The van der Waals surface area contributed by atoms with E-state index in [0.717, 1.165) is 28.8 Å². The van der Waals surface area contributed by atoms with Gasteiger partial charge in [-0.25, -0.2) is 0 Å². The van der Waals surface area contributed by atoms with Gasteiger partial charge in [0, 0.05) is 16.8 Å². The van der Waals surface area contributed by atoms with Crippen LogP contribution in [0.25, 0.3) is 6.08 Å². The average molecular weight is 512 g/mol. The minimum atomic E-state index is -0.261. The number of carbonyl (C=O) groups is 1. The number of benzene rings is 3. The van der Waals surface area contributed by atoms with Crippen molar-refractivity contribution in [3.63, 3.8) is 0 Å². The normalized spacial score (nSPS) is 15.6. The van der Waals surface area contributed by atoms with E-state index in [-0.39, 0.29) is 18.0 Å². The fraction of sp³-hybridized carbons (Fsp3) is 0.200. The largest absolute Gasteiger partial charge is 0.493 e. The Balaban J connectivity index is 1.54. The molecule has 3 aromatic carbocycles. The minimum absolute atomic E-state index is 0.134. The predicted octanol–water partition coefficient (Wildman–Crippen LogP) is 6.04. The Bertz CT molecular complexity index is 1360. The van der Waals surface area contributed by atoms with Gasteiger partial charge in [0.2, 0.25) is 0 Å². The first-order valence-corrected chi connectivity index (χ1v) is 12.9. The quantitative estimate of drug-likeness (QED) is 0.255. The highest BCUT2D eigenvalue weighted by molar-refractivity contribution is 8.05. The van der Waals surface area contributed by atoms with E-state index >= 15 is 0 Å². The van der Waals surface area contributed by atoms with Crippen LogP contribution in [-0.4, -0.2) is 18.5 Å². The summed E-state index contributed by atoms with van der Waals surface area (Å²) in [6.45, 7) is 6.22. The predicted molar refractivity (Wildman–Crippen MR) is 149 cm³/mol. The Morgan fingerprint density at radius 2 is 1.95 bits per heavy atom. The lowest BCUT2D eigenvalue weighted by Gasteiger charge is -2.16. The van der Waals surface area contributed by atoms with Gasteiger partial charge in [-0.2, -0.15) is 5.26 Å². The summed E-state index contributed by atoms with van der Waals surface area (Å²) >= 11 is 1.43. The van der Waals surface area contributed by atoms with Crippen LogP contribution in [0.5, 0.6) is 11.5 Å². The maximum absolute atomic E-state index is 12.7. The molecule has 1 saturated heterocycles. The summed E-state index contributed by atoms with van der Waals surface area (Å²) < 4.78 is 11.8. The molecule has 37 heavy (non-hydrogen) atoms. The van der Waals surface area contributed by atoms with Crippen molar-refractivity contribution in [3.05, 3.63) is 106 Å². The molecule has 0 radical (unpaired) electrons. The molecular weight excluding hydrogens is 482 g/mol. The molecule has 1 amide bonds. The van der Waals surface area contributed by atoms with Crippen molar-refractivity contribution in [1.82, 2.24) is 5.32 Å². The monoisotopic (exact) mass is 511 g/mol. The second-order valence-electron chi connectivity index (χ2n) is 8.44. The summed E-state index contributed by atoms with van der Waals surface area (Å²) in [7, 11) is 1.58. The Hall–Kier alpha value is -4.15. The molecule has 0 spiro atoms. The Morgan fingerprint density at radius 1 is 1.16 bits per heavy atom. The van der Waals surface area contributed by atoms with Gasteiger partial charge >= 0.3 is 0 Å². The van der Waals surface area contributed by atoms with Crippen molar-refractivity contribution in [2.75, 3.05) is 12.4 Å². The van der Waals surface area contributed by atoms with Gasteiger partial charge in [0.1, 0.15) is 6.61 Å². The van der Waals surface area contributed by atoms with E-state index in [9.17, 15) is 10.1 Å². The number of rotatable bonds is 10. The van der Waals surface area contributed by atoms with Crippen molar-refractivity contribution in [3.8, 4) is 17.6 Å². The van der Waals surface area contributed by atoms with Gasteiger partial charge in [-0.1, -0.05) is 55.1 Å². The van der Waals surface area contributed by atoms with Crippen LogP contribution in [0.2, 0.25) is 0 Å². The number of aryl methyl sites for hydroxylation is 1. The first-order chi connectivity index (χ1) is 18.0. The molecule has 0 saturated carbocycles. The van der Waals surface area contributed by atoms with Crippen molar-refractivity contribution >= 4 is 29.4 Å². The molecule has 1 atom stereocenters. The fourth-order valence-corrected chi connectivity index (χ4v) is 4.98. The van der Waals surface area contributed by atoms with Crippen molar-refractivity contribution in [2.45, 2.75) is 31.9 Å². The van der Waals surface area contributed by atoms with Crippen LogP contribution in [0, 0.1) is 11.3 Å². The molecular formula is C30H29N3O3S. The summed E-state index contributed by atoms with van der Waals surface area (Å²) in [6.07, 6.45) is 5.19. The second-order valence-corrected chi connectivity index (χ2v) is 9.58. The van der Waals surface area contributed by atoms with Gasteiger partial charge in [-0.15, -0.1) is 6.58 Å². The highest BCUT2D eigenvalue weighted by Gasteiger charge is 2.27. The lowest BCUT2D eigenvalue weighted by atomic mass is 10.0. The SMILES string of the molecule is C=CCc1cc(/C=C2\S[C@@H](Nc3ccc(CC)cc3)NC2=O)cc(OC)c1OCc1ccccc1C#N. The first kappa shape index (κ1) is 25.9. The number of carbonyl (C=O) groups excluding carboxylic acids is 1. The number of thioether (sulfide) groups is 1. The average Bonchev–Trinajstić information content (AvgIpc) is 3.26. The summed E-state index contributed by atoms with van der Waals surface area (Å²) in [4.78, 5) is 13.3. The number of nitriles is 1. The van der Waals surface area contributed by atoms with E-state index in [0.29, 0.717) is 28.4 Å². The number of hydrogen-bond acceptors (Lipinski definition) is 6. The van der Waals surface area contributed by atoms with Gasteiger partial charge in [0.05, 0.1) is 23.6 Å². The minimum Gasteiger partial charge on any atom is -0.493 e. The number of anilines is 1. The number of hydrogen-bond donors (Lipinski definition) is 2. The smallest absolute Gasteiger partial charge is 0.260 e. The number of amides is 1. The lowest BCUT2D eigenvalue weighted by Crippen LogP contribution is -2.30. The van der Waals surface area contributed by atoms with Crippen molar-refractivity contribution < 1.29 is 14.3 Å². The standard InChI is InChI=1S/C30H29N3O3S/c1-4-8-22-15-21(16-26(35-3)28(22)36-19-24-10-7-6-9-23(24)18-31)17-27-29(34)33-30(37-27)32-25-13-11-20(5-2)12-14-25/h4,6-7,9-17,30,32H,1,5,8,19H2,2-3H3,(H,33,34)/b27-17-/t30-/m0/s1. The highest BCUT2D eigenvalue weighted by atomic mass is 32.2. The Labute approximate surface area is 222 Å². The second kappa shape index (κ2) is 12.2. The first-order valence-electron chi connectivity index (χ1n) is 12.0. The van der Waals surface area contributed by atoms with Gasteiger partial charge in [0.25, 0.3) is 5.91 Å². The number of nitrogens with one attached hydrogen (secondary N) is 2. The van der Waals surface area contributed by atoms with Crippen LogP contribution >= 0.6 is 11.8 Å². The zero-order chi connectivity index (χ0) is 26.2. The van der Waals surface area contributed by atoms with Crippen LogP contribution in [-0.2, 0) is 24.2 Å². The van der Waals surface area contributed by atoms with E-state index in [2.05, 4.69) is 42.3 Å². The van der Waals surface area contributed by atoms with Crippen LogP contribution in [0.3, 0.4) is 0 Å². The molecule has 7 heteroatoms. The molecule has 188 valence electrons. The third kappa shape index (κ3) is 6.35. The molecule has 0 unspecified atom stereocenters. The van der Waals surface area contributed by atoms with Crippen molar-refractivity contribution in [2.24, 2.45) is 0 Å². The van der Waals surface area contributed by atoms with Crippen molar-refractivity contribution in [1.29, 1.82) is 5.26 Å². The van der Waals surface area contributed by atoms with E-state index in [1.54, 1.807) is 19.3 Å². The Morgan fingerprint density at radius 3 is 2.65 bits per heavy atom. The van der Waals surface area contributed by atoms with Gasteiger partial charge in [-0.3, -0.25) is 4.79 Å². The molecule has 1 heterocycles. The molecule has 1 aliphatic heterocycles. The summed E-state index contributed by atoms with van der Waals surface area (Å²) in [6, 6.07) is 21.6. The summed E-state index contributed by atoms with van der Waals surface area (Å²) in [5.74, 6) is 1.01. The maximum Gasteiger partial charge on any atom is 0.260 e. The third-order valence-electron chi connectivity index (χ3n) is 5.94. The number of nitrogens with zero attached hydrogens (tertiary/aromatic N) is 1. The topological polar surface area (TPSA) is 83.4 Å². The number of methoxy groups -OCH3 is 1. The lowest BCUT2D eigenvalue weighted by molar-refractivity contribution is -0.116. The summed E-state index contributed by atoms with van der Waals surface area (Å²) in [5, 5.41) is 15.7. The molecule has 0 bridgehead atoms. The van der Waals surface area contributed by atoms with Gasteiger partial charge in [-0.05, 0) is 60.4 Å². The molecule has 0 aliphatic carbocycles. The van der Waals surface area contributed by atoms with Crippen LogP contribution in [0.4, 0.5) is 5.69 Å². The van der Waals surface area contributed by atoms with Crippen LogP contribution in [0.1, 0.15) is 34.7 Å². The molecule has 4 rings (SSSR count). The van der Waals surface area contributed by atoms with E-state index < -0.39 is 0 Å². The molecule has 1 fully saturated rings. The summed E-state index contributed by atoms with van der Waals surface area (Å²) in [5.41, 5.74) is 5.02. The van der Waals surface area contributed by atoms with Gasteiger partial charge in [0.15, 0.2) is 17.0 Å². The zero-order valence-corrected chi connectivity index (χ0v) is 21.7. The molecule has 3 aromatic rings. The third-order valence-corrected chi connectivity index (χ3v) is 6.97. The van der Waals surface area contributed by atoms with E-state index in [1.165, 1.54) is 17.3 Å². The molecule has 0 aromatic heterocycles. The number of allylic oxidation sites excluding steroid dienone is 1. The zero-order valence-electron chi connectivity index (χ0n) is 20.9. The molecule has 1 aliphatic rings. The Kier molecular flexibility index (Phi) is 8.55. The van der Waals surface area contributed by atoms with Crippen LogP contribution in [0.15, 0.2) is 78.2 Å². The van der Waals surface area contributed by atoms with Crippen LogP contribution < -0.4 is 20.1 Å². The fourth-order valence-electron chi connectivity index (χ4n) is 4.00. The van der Waals surface area contributed by atoms with E-state index in [1.807, 2.05) is 48.5 Å². The number of ether oxygens (including phenoxy) is 2. The van der Waals surface area contributed by atoms with E-state index in [4.69, 9.17) is 9.47 Å². The highest BCUT2D eigenvalue weighted by Crippen LogP contribution is 2.37. The molecule has 6 nitrogen and oxygen atoms in total. The van der Waals surface area contributed by atoms with Gasteiger partial charge < -0.3 is 20.1 Å². The molecule has 2 N–H and O–H groups in total. The maximum atomic E-state index is 12.7.